The lowest BCUT2D eigenvalue weighted by atomic mass is 9.96. The van der Waals surface area contributed by atoms with E-state index in [1.54, 1.807) is 24.3 Å². The van der Waals surface area contributed by atoms with Crippen molar-refractivity contribution in [3.05, 3.63) is 53.1 Å². The van der Waals surface area contributed by atoms with Gasteiger partial charge in [0.1, 0.15) is 5.52 Å². The van der Waals surface area contributed by atoms with Crippen LogP contribution in [0.1, 0.15) is 37.0 Å². The van der Waals surface area contributed by atoms with E-state index in [0.29, 0.717) is 30.6 Å². The van der Waals surface area contributed by atoms with Gasteiger partial charge in [-0.1, -0.05) is 26.0 Å². The molecule has 2 aromatic carbocycles. The highest BCUT2D eigenvalue weighted by Crippen LogP contribution is 2.36. The van der Waals surface area contributed by atoms with Crippen molar-refractivity contribution >= 4 is 17.1 Å². The van der Waals surface area contributed by atoms with Crippen molar-refractivity contribution in [3.8, 4) is 11.5 Å². The van der Waals surface area contributed by atoms with Crippen molar-refractivity contribution in [2.24, 2.45) is 5.92 Å². The van der Waals surface area contributed by atoms with E-state index in [-0.39, 0.29) is 29.4 Å². The molecule has 0 radical (unpaired) electrons. The lowest BCUT2D eigenvalue weighted by Crippen LogP contribution is -2.17. The lowest BCUT2D eigenvalue weighted by Gasteiger charge is -2.15. The van der Waals surface area contributed by atoms with Crippen LogP contribution < -0.4 is 5.32 Å². The van der Waals surface area contributed by atoms with Gasteiger partial charge in [-0.15, -0.1) is 0 Å². The molecular weight excluding hydrogens is 397 g/mol. The van der Waals surface area contributed by atoms with Gasteiger partial charge in [-0.2, -0.15) is 13.2 Å². The first-order valence-corrected chi connectivity index (χ1v) is 9.66. The maximum atomic E-state index is 13.6. The van der Waals surface area contributed by atoms with Crippen LogP contribution in [-0.4, -0.2) is 22.6 Å². The number of carboxylic acids is 1. The zero-order valence-corrected chi connectivity index (χ0v) is 16.7. The number of oxazole rings is 1. The molecule has 3 aromatic rings. The van der Waals surface area contributed by atoms with E-state index < -0.39 is 17.7 Å². The van der Waals surface area contributed by atoms with E-state index in [2.05, 4.69) is 10.3 Å². The second-order valence-corrected chi connectivity index (χ2v) is 7.61. The minimum absolute atomic E-state index is 0.0185. The number of alkyl halides is 3. The third-order valence-corrected chi connectivity index (χ3v) is 4.59. The second-order valence-electron chi connectivity index (χ2n) is 7.61. The molecule has 2 N–H and O–H groups in total. The number of hydrogen-bond acceptors (Lipinski definition) is 4. The number of aromatic nitrogens is 1. The largest absolute Gasteiger partial charge is 0.481 e. The van der Waals surface area contributed by atoms with E-state index in [1.807, 2.05) is 13.8 Å². The van der Waals surface area contributed by atoms with Crippen LogP contribution in [0.15, 0.2) is 40.8 Å². The molecule has 0 bridgehead atoms. The molecule has 0 unspecified atom stereocenters. The number of carbonyl (C=O) groups is 1. The Balaban J connectivity index is 1.86. The Morgan fingerprint density at radius 3 is 2.63 bits per heavy atom. The lowest BCUT2D eigenvalue weighted by molar-refractivity contribution is -0.138. The van der Waals surface area contributed by atoms with Crippen LogP contribution in [0.5, 0.6) is 0 Å². The minimum Gasteiger partial charge on any atom is -0.481 e. The number of aliphatic carboxylic acids is 1. The summed E-state index contributed by atoms with van der Waals surface area (Å²) < 4.78 is 46.3. The van der Waals surface area contributed by atoms with Gasteiger partial charge < -0.3 is 14.8 Å². The molecule has 1 heterocycles. The fourth-order valence-corrected chi connectivity index (χ4v) is 3.23. The Morgan fingerprint density at radius 1 is 1.20 bits per heavy atom. The third kappa shape index (κ3) is 5.38. The van der Waals surface area contributed by atoms with Crippen LogP contribution in [0.25, 0.3) is 22.6 Å². The summed E-state index contributed by atoms with van der Waals surface area (Å²) in [6.07, 6.45) is -4.10. The molecule has 0 aliphatic carbocycles. The fraction of sp³-hybridized carbons (Fsp3) is 0.364. The van der Waals surface area contributed by atoms with Crippen LogP contribution in [0.4, 0.5) is 13.2 Å². The van der Waals surface area contributed by atoms with Gasteiger partial charge in [0.25, 0.3) is 0 Å². The predicted molar refractivity (Wildman–Crippen MR) is 107 cm³/mol. The zero-order valence-electron chi connectivity index (χ0n) is 16.7. The number of nitrogens with one attached hydrogen (secondary N) is 1. The summed E-state index contributed by atoms with van der Waals surface area (Å²) in [5.41, 5.74) is 1.73. The highest BCUT2D eigenvalue weighted by Gasteiger charge is 2.34. The molecule has 0 aliphatic rings. The van der Waals surface area contributed by atoms with Crippen molar-refractivity contribution in [1.82, 2.24) is 10.3 Å². The first kappa shape index (κ1) is 21.8. The van der Waals surface area contributed by atoms with Gasteiger partial charge in [0, 0.05) is 18.7 Å². The van der Waals surface area contributed by atoms with E-state index in [4.69, 9.17) is 9.52 Å². The van der Waals surface area contributed by atoms with Crippen molar-refractivity contribution < 1.29 is 27.5 Å². The number of carboxylic acid groups (broad SMARTS) is 1. The van der Waals surface area contributed by atoms with Gasteiger partial charge in [-0.25, -0.2) is 4.98 Å². The smallest absolute Gasteiger partial charge is 0.416 e. The summed E-state index contributed by atoms with van der Waals surface area (Å²) in [7, 11) is 0. The molecule has 0 fully saturated rings. The Labute approximate surface area is 171 Å². The van der Waals surface area contributed by atoms with Gasteiger partial charge in [-0.3, -0.25) is 4.79 Å². The Hall–Kier alpha value is -2.87. The van der Waals surface area contributed by atoms with Gasteiger partial charge in [-0.05, 0) is 47.7 Å². The SMILES string of the molecule is CC(C)Cc1ccc(-c2nc3cc(CNCCC(=O)O)ccc3o2)cc1C(F)(F)F. The maximum Gasteiger partial charge on any atom is 0.416 e. The van der Waals surface area contributed by atoms with Crippen molar-refractivity contribution in [2.75, 3.05) is 6.54 Å². The molecule has 160 valence electrons. The number of fused-ring (bicyclic) bond motifs is 1. The van der Waals surface area contributed by atoms with Crippen LogP contribution in [0.3, 0.4) is 0 Å². The van der Waals surface area contributed by atoms with E-state index in [1.165, 1.54) is 6.07 Å². The van der Waals surface area contributed by atoms with Gasteiger partial charge >= 0.3 is 12.1 Å². The molecule has 0 saturated heterocycles. The first-order chi connectivity index (χ1) is 14.1. The standard InChI is InChI=1S/C22H23F3N2O3/c1-13(2)9-15-4-5-16(11-17(15)22(23,24)25)21-27-18-10-14(3-6-19(18)30-21)12-26-8-7-20(28)29/h3-6,10-11,13,26H,7-9,12H2,1-2H3,(H,28,29). The first-order valence-electron chi connectivity index (χ1n) is 9.66. The van der Waals surface area contributed by atoms with Crippen molar-refractivity contribution in [1.29, 1.82) is 0 Å². The Bertz CT molecular complexity index is 1040. The topological polar surface area (TPSA) is 75.4 Å². The summed E-state index contributed by atoms with van der Waals surface area (Å²) in [6, 6.07) is 9.47. The van der Waals surface area contributed by atoms with Crippen LogP contribution in [0, 0.1) is 5.92 Å². The number of benzene rings is 2. The highest BCUT2D eigenvalue weighted by molar-refractivity contribution is 5.77. The summed E-state index contributed by atoms with van der Waals surface area (Å²) in [6.45, 7) is 4.54. The van der Waals surface area contributed by atoms with Gasteiger partial charge in [0.15, 0.2) is 5.58 Å². The number of rotatable bonds is 8. The summed E-state index contributed by atoms with van der Waals surface area (Å²) in [5, 5.41) is 11.7. The Morgan fingerprint density at radius 2 is 1.97 bits per heavy atom. The maximum absolute atomic E-state index is 13.6. The molecular formula is C22H23F3N2O3. The van der Waals surface area contributed by atoms with Crippen LogP contribution >= 0.6 is 0 Å². The van der Waals surface area contributed by atoms with E-state index in [0.717, 1.165) is 11.6 Å². The van der Waals surface area contributed by atoms with Gasteiger partial charge in [0.2, 0.25) is 5.89 Å². The molecule has 0 saturated carbocycles. The quantitative estimate of drug-likeness (QED) is 0.485. The summed E-state index contributed by atoms with van der Waals surface area (Å²) in [5.74, 6) is -0.650. The molecule has 0 atom stereocenters. The minimum atomic E-state index is -4.46. The van der Waals surface area contributed by atoms with Gasteiger partial charge in [0.05, 0.1) is 12.0 Å². The second kappa shape index (κ2) is 8.87. The fourth-order valence-electron chi connectivity index (χ4n) is 3.23. The Kier molecular flexibility index (Phi) is 6.45. The zero-order chi connectivity index (χ0) is 21.9. The normalized spacial score (nSPS) is 12.1. The average Bonchev–Trinajstić information content (AvgIpc) is 3.07. The number of halogens is 3. The third-order valence-electron chi connectivity index (χ3n) is 4.59. The molecule has 3 rings (SSSR count). The highest BCUT2D eigenvalue weighted by atomic mass is 19.4. The van der Waals surface area contributed by atoms with Crippen LogP contribution in [-0.2, 0) is 23.9 Å². The molecule has 8 heteroatoms. The van der Waals surface area contributed by atoms with Crippen molar-refractivity contribution in [3.63, 3.8) is 0 Å². The molecule has 30 heavy (non-hydrogen) atoms. The predicted octanol–water partition coefficient (Wildman–Crippen LogP) is 5.28. The van der Waals surface area contributed by atoms with Crippen LogP contribution in [0.2, 0.25) is 0 Å². The summed E-state index contributed by atoms with van der Waals surface area (Å²) in [4.78, 5) is 14.9. The molecule has 0 spiro atoms. The molecule has 5 nitrogen and oxygen atoms in total. The monoisotopic (exact) mass is 420 g/mol. The number of nitrogens with zero attached hydrogens (tertiary/aromatic N) is 1. The van der Waals surface area contributed by atoms with Crippen molar-refractivity contribution in [2.45, 2.75) is 39.4 Å². The molecule has 0 amide bonds. The molecule has 1 aromatic heterocycles. The van der Waals surface area contributed by atoms with E-state index in [9.17, 15) is 18.0 Å². The summed E-state index contributed by atoms with van der Waals surface area (Å²) >= 11 is 0. The van der Waals surface area contributed by atoms with E-state index >= 15 is 0 Å². The average molecular weight is 420 g/mol. The number of hydrogen-bond donors (Lipinski definition) is 2. The molecule has 0 aliphatic heterocycles.